The highest BCUT2D eigenvalue weighted by Gasteiger charge is 2.35. The summed E-state index contributed by atoms with van der Waals surface area (Å²) < 4.78 is 0. The van der Waals surface area contributed by atoms with Gasteiger partial charge >= 0.3 is 0 Å². The van der Waals surface area contributed by atoms with Crippen LogP contribution < -0.4 is 10.2 Å². The van der Waals surface area contributed by atoms with Crippen LogP contribution in [0.1, 0.15) is 12.0 Å². The van der Waals surface area contributed by atoms with Crippen molar-refractivity contribution in [3.63, 3.8) is 0 Å². The smallest absolute Gasteiger partial charge is 0.227 e. The molecule has 1 atom stereocenters. The van der Waals surface area contributed by atoms with Crippen LogP contribution in [0, 0.1) is 5.92 Å². The fourth-order valence-corrected chi connectivity index (χ4v) is 3.33. The normalized spacial score (nSPS) is 17.0. The van der Waals surface area contributed by atoms with Gasteiger partial charge in [0.05, 0.1) is 21.7 Å². The topological polar surface area (TPSA) is 49.4 Å². The molecule has 0 radical (unpaired) electrons. The van der Waals surface area contributed by atoms with E-state index >= 15 is 0 Å². The molecule has 0 aromatic heterocycles. The van der Waals surface area contributed by atoms with Crippen molar-refractivity contribution in [3.8, 4) is 0 Å². The van der Waals surface area contributed by atoms with E-state index in [1.807, 2.05) is 30.3 Å². The van der Waals surface area contributed by atoms with Gasteiger partial charge < -0.3 is 10.2 Å². The number of hydrogen-bond acceptors (Lipinski definition) is 2. The van der Waals surface area contributed by atoms with Crippen molar-refractivity contribution in [2.45, 2.75) is 12.8 Å². The van der Waals surface area contributed by atoms with E-state index in [1.165, 1.54) is 4.90 Å². The van der Waals surface area contributed by atoms with Crippen LogP contribution in [0.15, 0.2) is 48.5 Å². The number of hydrogen-bond donors (Lipinski definition) is 1. The quantitative estimate of drug-likeness (QED) is 0.864. The number of carbonyl (C=O) groups is 2. The van der Waals surface area contributed by atoms with Crippen molar-refractivity contribution in [1.29, 1.82) is 0 Å². The van der Waals surface area contributed by atoms with Gasteiger partial charge in [0, 0.05) is 19.5 Å². The molecular weight excluding hydrogens is 359 g/mol. The first kappa shape index (κ1) is 17.8. The Balaban J connectivity index is 1.58. The Kier molecular flexibility index (Phi) is 5.61. The van der Waals surface area contributed by atoms with Crippen LogP contribution in [-0.4, -0.2) is 24.9 Å². The monoisotopic (exact) mass is 376 g/mol. The minimum absolute atomic E-state index is 0.107. The van der Waals surface area contributed by atoms with E-state index in [-0.39, 0.29) is 24.2 Å². The summed E-state index contributed by atoms with van der Waals surface area (Å²) >= 11 is 12.2. The summed E-state index contributed by atoms with van der Waals surface area (Å²) in [4.78, 5) is 26.2. The largest absolute Gasteiger partial charge is 0.355 e. The van der Waals surface area contributed by atoms with Crippen LogP contribution in [0.3, 0.4) is 0 Å². The number of benzene rings is 2. The third kappa shape index (κ3) is 4.14. The summed E-state index contributed by atoms with van der Waals surface area (Å²) in [6.07, 6.45) is 0.942. The van der Waals surface area contributed by atoms with Crippen LogP contribution >= 0.6 is 23.2 Å². The van der Waals surface area contributed by atoms with Gasteiger partial charge in [-0.25, -0.2) is 0 Å². The molecule has 1 fully saturated rings. The second kappa shape index (κ2) is 7.89. The Labute approximate surface area is 156 Å². The van der Waals surface area contributed by atoms with Gasteiger partial charge in [-0.2, -0.15) is 0 Å². The zero-order valence-corrected chi connectivity index (χ0v) is 15.1. The van der Waals surface area contributed by atoms with E-state index in [0.717, 1.165) is 12.0 Å². The molecule has 3 rings (SSSR count). The molecule has 130 valence electrons. The Morgan fingerprint density at radius 3 is 2.64 bits per heavy atom. The fourth-order valence-electron chi connectivity index (χ4n) is 2.94. The van der Waals surface area contributed by atoms with E-state index in [4.69, 9.17) is 23.2 Å². The average molecular weight is 377 g/mol. The first-order valence-corrected chi connectivity index (χ1v) is 8.88. The SMILES string of the molecule is O=C(NCCc1ccccc1)[C@@H]1CC(=O)N(c2cccc(Cl)c2Cl)C1. The van der Waals surface area contributed by atoms with Gasteiger partial charge in [0.1, 0.15) is 0 Å². The molecule has 0 aliphatic carbocycles. The molecule has 0 spiro atoms. The molecule has 0 unspecified atom stereocenters. The summed E-state index contributed by atoms with van der Waals surface area (Å²) in [6, 6.07) is 15.1. The number of halogens is 2. The van der Waals surface area contributed by atoms with Gasteiger partial charge in [0.25, 0.3) is 0 Å². The zero-order chi connectivity index (χ0) is 17.8. The predicted molar refractivity (Wildman–Crippen MR) is 100 cm³/mol. The fraction of sp³-hybridized carbons (Fsp3) is 0.263. The standard InChI is InChI=1S/C19H18Cl2N2O2/c20-15-7-4-8-16(18(15)21)23-12-14(11-17(23)24)19(25)22-10-9-13-5-2-1-3-6-13/h1-8,14H,9-12H2,(H,22,25)/t14-/m1/s1. The van der Waals surface area contributed by atoms with Gasteiger partial charge in [-0.05, 0) is 24.1 Å². The summed E-state index contributed by atoms with van der Waals surface area (Å²) in [7, 11) is 0. The Morgan fingerprint density at radius 2 is 1.88 bits per heavy atom. The molecular formula is C19H18Cl2N2O2. The van der Waals surface area contributed by atoms with E-state index in [1.54, 1.807) is 18.2 Å². The third-order valence-corrected chi connectivity index (χ3v) is 5.08. The summed E-state index contributed by atoms with van der Waals surface area (Å²) in [6.45, 7) is 0.863. The summed E-state index contributed by atoms with van der Waals surface area (Å²) in [5.41, 5.74) is 1.72. The molecule has 1 saturated heterocycles. The second-order valence-corrected chi connectivity index (χ2v) is 6.79. The number of nitrogens with one attached hydrogen (secondary N) is 1. The average Bonchev–Trinajstić information content (AvgIpc) is 3.00. The van der Waals surface area contributed by atoms with Crippen LogP contribution in [0.4, 0.5) is 5.69 Å². The highest BCUT2D eigenvalue weighted by molar-refractivity contribution is 6.44. The van der Waals surface area contributed by atoms with Crippen molar-refractivity contribution in [1.82, 2.24) is 5.32 Å². The van der Waals surface area contributed by atoms with Gasteiger partial charge in [-0.3, -0.25) is 9.59 Å². The molecule has 0 saturated carbocycles. The maximum Gasteiger partial charge on any atom is 0.227 e. The Hall–Kier alpha value is -2.04. The molecule has 2 amide bonds. The molecule has 25 heavy (non-hydrogen) atoms. The van der Waals surface area contributed by atoms with Crippen molar-refractivity contribution in [3.05, 3.63) is 64.1 Å². The Morgan fingerprint density at radius 1 is 1.12 bits per heavy atom. The van der Waals surface area contributed by atoms with Crippen LogP contribution in [0.2, 0.25) is 10.0 Å². The molecule has 1 N–H and O–H groups in total. The molecule has 1 aliphatic rings. The van der Waals surface area contributed by atoms with Crippen molar-refractivity contribution >= 4 is 40.7 Å². The highest BCUT2D eigenvalue weighted by Crippen LogP contribution is 2.35. The number of anilines is 1. The van der Waals surface area contributed by atoms with Crippen LogP contribution in [0.5, 0.6) is 0 Å². The number of carbonyl (C=O) groups excluding carboxylic acids is 2. The minimum atomic E-state index is -0.377. The zero-order valence-electron chi connectivity index (χ0n) is 13.5. The number of nitrogens with zero attached hydrogens (tertiary/aromatic N) is 1. The van der Waals surface area contributed by atoms with Gasteiger partial charge in [0.15, 0.2) is 0 Å². The molecule has 1 heterocycles. The van der Waals surface area contributed by atoms with E-state index in [9.17, 15) is 9.59 Å². The van der Waals surface area contributed by atoms with E-state index in [0.29, 0.717) is 28.8 Å². The predicted octanol–water partition coefficient (Wildman–Crippen LogP) is 3.71. The van der Waals surface area contributed by atoms with Crippen LogP contribution in [-0.2, 0) is 16.0 Å². The maximum atomic E-state index is 12.4. The summed E-state index contributed by atoms with van der Waals surface area (Å²) in [5.74, 6) is -0.601. The number of rotatable bonds is 5. The second-order valence-electron chi connectivity index (χ2n) is 6.00. The lowest BCUT2D eigenvalue weighted by atomic mass is 10.1. The molecule has 6 heteroatoms. The van der Waals surface area contributed by atoms with Crippen molar-refractivity contribution < 1.29 is 9.59 Å². The highest BCUT2D eigenvalue weighted by atomic mass is 35.5. The van der Waals surface area contributed by atoms with Gasteiger partial charge in [-0.15, -0.1) is 0 Å². The van der Waals surface area contributed by atoms with Gasteiger partial charge in [-0.1, -0.05) is 59.6 Å². The molecule has 2 aromatic rings. The minimum Gasteiger partial charge on any atom is -0.355 e. The van der Waals surface area contributed by atoms with E-state index in [2.05, 4.69) is 5.32 Å². The van der Waals surface area contributed by atoms with Crippen LogP contribution in [0.25, 0.3) is 0 Å². The molecule has 1 aliphatic heterocycles. The first-order chi connectivity index (χ1) is 12.1. The summed E-state index contributed by atoms with van der Waals surface area (Å²) in [5, 5.41) is 3.64. The molecule has 2 aromatic carbocycles. The van der Waals surface area contributed by atoms with Crippen molar-refractivity contribution in [2.75, 3.05) is 18.0 Å². The Bertz CT molecular complexity index is 780. The lowest BCUT2D eigenvalue weighted by Crippen LogP contribution is -2.34. The van der Waals surface area contributed by atoms with Crippen molar-refractivity contribution in [2.24, 2.45) is 5.92 Å². The molecule has 0 bridgehead atoms. The number of amides is 2. The molecule has 4 nitrogen and oxygen atoms in total. The third-order valence-electron chi connectivity index (χ3n) is 4.27. The maximum absolute atomic E-state index is 12.4. The first-order valence-electron chi connectivity index (χ1n) is 8.12. The lowest BCUT2D eigenvalue weighted by Gasteiger charge is -2.18. The van der Waals surface area contributed by atoms with Gasteiger partial charge in [0.2, 0.25) is 11.8 Å². The van der Waals surface area contributed by atoms with E-state index < -0.39 is 0 Å². The lowest BCUT2D eigenvalue weighted by molar-refractivity contribution is -0.126.